The van der Waals surface area contributed by atoms with Crippen LogP contribution >= 0.6 is 11.3 Å². The van der Waals surface area contributed by atoms with E-state index >= 15 is 0 Å². The highest BCUT2D eigenvalue weighted by molar-refractivity contribution is 7.15. The number of aromatic nitrogens is 5. The predicted octanol–water partition coefficient (Wildman–Crippen LogP) is 3.90. The second kappa shape index (κ2) is 6.75. The van der Waals surface area contributed by atoms with Gasteiger partial charge in [-0.2, -0.15) is 0 Å². The summed E-state index contributed by atoms with van der Waals surface area (Å²) in [5, 5.41) is 4.89. The third-order valence-corrected chi connectivity index (χ3v) is 5.08. The molecule has 0 aliphatic heterocycles. The van der Waals surface area contributed by atoms with Crippen LogP contribution in [-0.4, -0.2) is 29.8 Å². The van der Waals surface area contributed by atoms with Crippen LogP contribution in [0.4, 0.5) is 5.69 Å². The van der Waals surface area contributed by atoms with Gasteiger partial charge < -0.3 is 5.32 Å². The lowest BCUT2D eigenvalue weighted by molar-refractivity contribution is 0.102. The number of thiazole rings is 1. The molecule has 1 aromatic carbocycles. The first-order chi connectivity index (χ1) is 13.8. The van der Waals surface area contributed by atoms with Gasteiger partial charge in [0.1, 0.15) is 12.1 Å². The standard InChI is InChI=1S/C20H14N6OS/c27-19(15-3-6-18(22-11-15)26-8-7-21-13-26)23-16-4-1-14(2-5-16)17-12-25-9-10-28-20(25)24-17/h1-13H,(H,23,27). The van der Waals surface area contributed by atoms with E-state index in [-0.39, 0.29) is 5.91 Å². The number of nitrogens with one attached hydrogen (secondary N) is 1. The first-order valence-corrected chi connectivity index (χ1v) is 9.43. The minimum Gasteiger partial charge on any atom is -0.322 e. The van der Waals surface area contributed by atoms with Gasteiger partial charge in [-0.15, -0.1) is 11.3 Å². The van der Waals surface area contributed by atoms with E-state index in [1.807, 2.05) is 46.4 Å². The number of imidazole rings is 2. The normalized spacial score (nSPS) is 11.0. The van der Waals surface area contributed by atoms with Crippen molar-refractivity contribution >= 4 is 27.9 Å². The molecule has 5 aromatic rings. The Hall–Kier alpha value is -3.78. The highest BCUT2D eigenvalue weighted by Crippen LogP contribution is 2.23. The first kappa shape index (κ1) is 16.4. The Balaban J connectivity index is 1.30. The molecule has 0 fully saturated rings. The molecule has 5 rings (SSSR count). The van der Waals surface area contributed by atoms with E-state index in [1.165, 1.54) is 0 Å². The van der Waals surface area contributed by atoms with Crippen LogP contribution < -0.4 is 5.32 Å². The van der Waals surface area contributed by atoms with E-state index in [0.29, 0.717) is 17.1 Å². The van der Waals surface area contributed by atoms with Crippen molar-refractivity contribution in [1.29, 1.82) is 0 Å². The van der Waals surface area contributed by atoms with E-state index < -0.39 is 0 Å². The lowest BCUT2D eigenvalue weighted by Crippen LogP contribution is -2.12. The number of nitrogens with zero attached hydrogens (tertiary/aromatic N) is 5. The number of pyridine rings is 1. The van der Waals surface area contributed by atoms with E-state index in [2.05, 4.69) is 20.3 Å². The van der Waals surface area contributed by atoms with Gasteiger partial charge in [0.2, 0.25) is 0 Å². The third-order valence-electron chi connectivity index (χ3n) is 4.31. The highest BCUT2D eigenvalue weighted by atomic mass is 32.1. The predicted molar refractivity (Wildman–Crippen MR) is 108 cm³/mol. The average Bonchev–Trinajstić information content (AvgIpc) is 3.46. The van der Waals surface area contributed by atoms with E-state index in [4.69, 9.17) is 0 Å². The Morgan fingerprint density at radius 2 is 1.96 bits per heavy atom. The molecule has 0 spiro atoms. The fourth-order valence-electron chi connectivity index (χ4n) is 2.86. The van der Waals surface area contributed by atoms with Gasteiger partial charge in [0, 0.05) is 47.6 Å². The maximum absolute atomic E-state index is 12.5. The Labute approximate surface area is 164 Å². The van der Waals surface area contributed by atoms with Gasteiger partial charge in [-0.1, -0.05) is 12.1 Å². The zero-order valence-electron chi connectivity index (χ0n) is 14.6. The second-order valence-corrected chi connectivity index (χ2v) is 7.00. The molecule has 0 bridgehead atoms. The molecule has 0 saturated heterocycles. The molecule has 1 N–H and O–H groups in total. The van der Waals surface area contributed by atoms with E-state index in [0.717, 1.165) is 16.2 Å². The molecular formula is C20H14N6OS. The Morgan fingerprint density at radius 1 is 1.07 bits per heavy atom. The van der Waals surface area contributed by atoms with Crippen LogP contribution in [0.25, 0.3) is 22.0 Å². The van der Waals surface area contributed by atoms with Gasteiger partial charge in [0.25, 0.3) is 5.91 Å². The Bertz CT molecular complexity index is 1210. The summed E-state index contributed by atoms with van der Waals surface area (Å²) < 4.78 is 3.77. The summed E-state index contributed by atoms with van der Waals surface area (Å²) in [5.74, 6) is 0.498. The van der Waals surface area contributed by atoms with Crippen LogP contribution in [0.2, 0.25) is 0 Å². The van der Waals surface area contributed by atoms with Gasteiger partial charge in [0.05, 0.1) is 11.3 Å². The topological polar surface area (TPSA) is 77.1 Å². The fraction of sp³-hybridized carbons (Fsp3) is 0. The average molecular weight is 386 g/mol. The van der Waals surface area contributed by atoms with Crippen molar-refractivity contribution < 1.29 is 4.79 Å². The molecule has 4 aromatic heterocycles. The summed E-state index contributed by atoms with van der Waals surface area (Å²) in [7, 11) is 0. The van der Waals surface area contributed by atoms with Gasteiger partial charge in [-0.25, -0.2) is 15.0 Å². The monoisotopic (exact) mass is 386 g/mol. The van der Waals surface area contributed by atoms with Crippen molar-refractivity contribution in [3.05, 3.63) is 84.7 Å². The van der Waals surface area contributed by atoms with Crippen LogP contribution in [0.3, 0.4) is 0 Å². The van der Waals surface area contributed by atoms with Crippen molar-refractivity contribution in [2.45, 2.75) is 0 Å². The largest absolute Gasteiger partial charge is 0.322 e. The number of carbonyl (C=O) groups excluding carboxylic acids is 1. The molecule has 0 atom stereocenters. The summed E-state index contributed by atoms with van der Waals surface area (Å²) >= 11 is 1.60. The second-order valence-electron chi connectivity index (χ2n) is 6.13. The summed E-state index contributed by atoms with van der Waals surface area (Å²) in [5.41, 5.74) is 3.11. The van der Waals surface area contributed by atoms with Crippen molar-refractivity contribution in [2.24, 2.45) is 0 Å². The van der Waals surface area contributed by atoms with Gasteiger partial charge in [-0.05, 0) is 24.3 Å². The smallest absolute Gasteiger partial charge is 0.257 e. The fourth-order valence-corrected chi connectivity index (χ4v) is 3.56. The number of hydrogen-bond donors (Lipinski definition) is 1. The molecule has 0 saturated carbocycles. The number of rotatable bonds is 4. The summed E-state index contributed by atoms with van der Waals surface area (Å²) in [6.45, 7) is 0. The number of carbonyl (C=O) groups is 1. The lowest BCUT2D eigenvalue weighted by atomic mass is 10.1. The van der Waals surface area contributed by atoms with Crippen molar-refractivity contribution in [3.63, 3.8) is 0 Å². The van der Waals surface area contributed by atoms with Crippen LogP contribution in [-0.2, 0) is 0 Å². The molecule has 0 aliphatic carbocycles. The molecule has 136 valence electrons. The molecule has 28 heavy (non-hydrogen) atoms. The summed E-state index contributed by atoms with van der Waals surface area (Å²) in [4.78, 5) is 26.3. The van der Waals surface area contributed by atoms with Crippen LogP contribution in [0, 0.1) is 0 Å². The Morgan fingerprint density at radius 3 is 2.68 bits per heavy atom. The van der Waals surface area contributed by atoms with Gasteiger partial charge in [0.15, 0.2) is 4.96 Å². The maximum atomic E-state index is 12.5. The molecular weight excluding hydrogens is 372 g/mol. The van der Waals surface area contributed by atoms with Gasteiger partial charge in [-0.3, -0.25) is 13.8 Å². The maximum Gasteiger partial charge on any atom is 0.257 e. The molecule has 0 radical (unpaired) electrons. The number of amides is 1. The van der Waals surface area contributed by atoms with Crippen molar-refractivity contribution in [1.82, 2.24) is 23.9 Å². The SMILES string of the molecule is O=C(Nc1ccc(-c2cn3ccsc3n2)cc1)c1ccc(-n2ccnc2)nc1. The molecule has 8 heteroatoms. The van der Waals surface area contributed by atoms with Crippen molar-refractivity contribution in [3.8, 4) is 17.1 Å². The quantitative estimate of drug-likeness (QED) is 0.508. The molecule has 1 amide bonds. The minimum atomic E-state index is -0.208. The van der Waals surface area contributed by atoms with Crippen LogP contribution in [0.5, 0.6) is 0 Å². The number of fused-ring (bicyclic) bond motifs is 1. The summed E-state index contributed by atoms with van der Waals surface area (Å²) in [6, 6.07) is 11.2. The summed E-state index contributed by atoms with van der Waals surface area (Å²) in [6.07, 6.45) is 10.7. The molecule has 4 heterocycles. The van der Waals surface area contributed by atoms with E-state index in [9.17, 15) is 4.79 Å². The lowest BCUT2D eigenvalue weighted by Gasteiger charge is -2.07. The van der Waals surface area contributed by atoms with Gasteiger partial charge >= 0.3 is 0 Å². The van der Waals surface area contributed by atoms with Crippen LogP contribution in [0.15, 0.2) is 79.1 Å². The number of hydrogen-bond acceptors (Lipinski definition) is 5. The third kappa shape index (κ3) is 3.06. The number of benzene rings is 1. The zero-order valence-corrected chi connectivity index (χ0v) is 15.4. The zero-order chi connectivity index (χ0) is 18.9. The molecule has 0 unspecified atom stereocenters. The van der Waals surface area contributed by atoms with Crippen LogP contribution in [0.1, 0.15) is 10.4 Å². The molecule has 0 aliphatic rings. The first-order valence-electron chi connectivity index (χ1n) is 8.55. The highest BCUT2D eigenvalue weighted by Gasteiger charge is 2.09. The molecule has 7 nitrogen and oxygen atoms in total. The van der Waals surface area contributed by atoms with E-state index in [1.54, 1.807) is 53.0 Å². The van der Waals surface area contributed by atoms with Crippen molar-refractivity contribution in [2.75, 3.05) is 5.32 Å². The number of anilines is 1. The minimum absolute atomic E-state index is 0.208. The Kier molecular flexibility index (Phi) is 3.95.